The standard InChI is InChI=1S/C17H20N2O3/c1-11(2)18-16(20)17(7-8-17)15-10-14(22-19-15)12-5-4-6-13(9-12)21-3/h4-6,9-11H,7-8H2,1-3H3,(H,18,20). The number of nitrogens with zero attached hydrogens (tertiary/aromatic N) is 1. The molecule has 2 aromatic rings. The number of benzene rings is 1. The average molecular weight is 300 g/mol. The van der Waals surface area contributed by atoms with Crippen LogP contribution in [0, 0.1) is 0 Å². The predicted molar refractivity (Wildman–Crippen MR) is 82.7 cm³/mol. The summed E-state index contributed by atoms with van der Waals surface area (Å²) in [7, 11) is 1.63. The van der Waals surface area contributed by atoms with Crippen LogP contribution in [0.15, 0.2) is 34.9 Å². The third kappa shape index (κ3) is 2.58. The van der Waals surface area contributed by atoms with Gasteiger partial charge in [0.1, 0.15) is 5.75 Å². The Morgan fingerprint density at radius 1 is 1.36 bits per heavy atom. The van der Waals surface area contributed by atoms with Gasteiger partial charge in [-0.1, -0.05) is 17.3 Å². The molecule has 3 rings (SSSR count). The van der Waals surface area contributed by atoms with E-state index in [1.54, 1.807) is 7.11 Å². The van der Waals surface area contributed by atoms with Gasteiger partial charge in [-0.25, -0.2) is 0 Å². The molecule has 1 aromatic heterocycles. The lowest BCUT2D eigenvalue weighted by Gasteiger charge is -2.14. The fourth-order valence-corrected chi connectivity index (χ4v) is 2.54. The number of amides is 1. The number of carbonyl (C=O) groups excluding carboxylic acids is 1. The van der Waals surface area contributed by atoms with Crippen LogP contribution >= 0.6 is 0 Å². The van der Waals surface area contributed by atoms with Gasteiger partial charge >= 0.3 is 0 Å². The highest BCUT2D eigenvalue weighted by Gasteiger charge is 2.53. The van der Waals surface area contributed by atoms with Crippen LogP contribution in [0.1, 0.15) is 32.4 Å². The molecule has 1 amide bonds. The first-order chi connectivity index (χ1) is 10.5. The van der Waals surface area contributed by atoms with Gasteiger partial charge in [-0.05, 0) is 38.8 Å². The Labute approximate surface area is 129 Å². The van der Waals surface area contributed by atoms with E-state index in [0.29, 0.717) is 11.5 Å². The van der Waals surface area contributed by atoms with Crippen molar-refractivity contribution in [2.75, 3.05) is 7.11 Å². The second kappa shape index (κ2) is 5.48. The van der Waals surface area contributed by atoms with E-state index in [2.05, 4.69) is 10.5 Å². The van der Waals surface area contributed by atoms with Crippen LogP contribution in [0.4, 0.5) is 0 Å². The van der Waals surface area contributed by atoms with Crippen LogP contribution in [-0.4, -0.2) is 24.2 Å². The number of ether oxygens (including phenoxy) is 1. The van der Waals surface area contributed by atoms with E-state index in [1.165, 1.54) is 0 Å². The molecular formula is C17H20N2O3. The molecule has 1 heterocycles. The van der Waals surface area contributed by atoms with Crippen LogP contribution < -0.4 is 10.1 Å². The van der Waals surface area contributed by atoms with E-state index < -0.39 is 5.41 Å². The molecule has 5 nitrogen and oxygen atoms in total. The number of methoxy groups -OCH3 is 1. The number of aromatic nitrogens is 1. The summed E-state index contributed by atoms with van der Waals surface area (Å²) in [5.41, 5.74) is 1.09. The molecule has 0 atom stereocenters. The van der Waals surface area contributed by atoms with Crippen molar-refractivity contribution in [2.24, 2.45) is 0 Å². The monoisotopic (exact) mass is 300 g/mol. The quantitative estimate of drug-likeness (QED) is 0.922. The Bertz CT molecular complexity index is 687. The maximum Gasteiger partial charge on any atom is 0.232 e. The van der Waals surface area contributed by atoms with Crippen LogP contribution in [0.3, 0.4) is 0 Å². The summed E-state index contributed by atoms with van der Waals surface area (Å²) in [6.07, 6.45) is 1.63. The molecule has 116 valence electrons. The number of rotatable bonds is 5. The van der Waals surface area contributed by atoms with Crippen LogP contribution in [0.25, 0.3) is 11.3 Å². The first-order valence-corrected chi connectivity index (χ1v) is 7.48. The lowest BCUT2D eigenvalue weighted by molar-refractivity contribution is -0.124. The van der Waals surface area contributed by atoms with Gasteiger partial charge in [0.05, 0.1) is 18.2 Å². The molecule has 0 saturated heterocycles. The molecule has 0 spiro atoms. The predicted octanol–water partition coefficient (Wildman–Crippen LogP) is 2.91. The highest BCUT2D eigenvalue weighted by molar-refractivity contribution is 5.91. The normalized spacial score (nSPS) is 15.6. The lowest BCUT2D eigenvalue weighted by atomic mass is 10.00. The van der Waals surface area contributed by atoms with E-state index >= 15 is 0 Å². The van der Waals surface area contributed by atoms with Crippen molar-refractivity contribution in [3.05, 3.63) is 36.0 Å². The Kier molecular flexibility index (Phi) is 3.64. The number of nitrogens with one attached hydrogen (secondary N) is 1. The highest BCUT2D eigenvalue weighted by Crippen LogP contribution is 2.48. The maximum absolute atomic E-state index is 12.4. The molecular weight excluding hydrogens is 280 g/mol. The summed E-state index contributed by atoms with van der Waals surface area (Å²) in [6, 6.07) is 9.57. The molecule has 22 heavy (non-hydrogen) atoms. The third-order valence-corrected chi connectivity index (χ3v) is 3.96. The fourth-order valence-electron chi connectivity index (χ4n) is 2.54. The maximum atomic E-state index is 12.4. The Morgan fingerprint density at radius 3 is 2.77 bits per heavy atom. The van der Waals surface area contributed by atoms with Crippen molar-refractivity contribution in [3.8, 4) is 17.1 Å². The molecule has 1 aromatic carbocycles. The topological polar surface area (TPSA) is 64.4 Å². The van der Waals surface area contributed by atoms with Gasteiger partial charge in [0.15, 0.2) is 5.76 Å². The highest BCUT2D eigenvalue weighted by atomic mass is 16.5. The summed E-state index contributed by atoms with van der Waals surface area (Å²) < 4.78 is 10.7. The number of hydrogen-bond acceptors (Lipinski definition) is 4. The molecule has 0 aliphatic heterocycles. The van der Waals surface area contributed by atoms with Crippen LogP contribution in [0.2, 0.25) is 0 Å². The summed E-state index contributed by atoms with van der Waals surface area (Å²) in [5.74, 6) is 1.44. The van der Waals surface area contributed by atoms with E-state index in [-0.39, 0.29) is 11.9 Å². The van der Waals surface area contributed by atoms with Gasteiger partial charge in [-0.3, -0.25) is 4.79 Å². The second-order valence-electron chi connectivity index (χ2n) is 6.02. The summed E-state index contributed by atoms with van der Waals surface area (Å²) >= 11 is 0. The van der Waals surface area contributed by atoms with Crippen molar-refractivity contribution in [1.29, 1.82) is 0 Å². The zero-order valence-electron chi connectivity index (χ0n) is 13.1. The third-order valence-electron chi connectivity index (χ3n) is 3.96. The van der Waals surface area contributed by atoms with E-state index in [1.807, 2.05) is 44.2 Å². The SMILES string of the molecule is COc1cccc(-c2cc(C3(C(=O)NC(C)C)CC3)no2)c1. The minimum Gasteiger partial charge on any atom is -0.497 e. The second-order valence-corrected chi connectivity index (χ2v) is 6.02. The Morgan fingerprint density at radius 2 is 2.14 bits per heavy atom. The summed E-state index contributed by atoms with van der Waals surface area (Å²) in [4.78, 5) is 12.4. The van der Waals surface area contributed by atoms with E-state index in [9.17, 15) is 4.79 Å². The summed E-state index contributed by atoms with van der Waals surface area (Å²) in [6.45, 7) is 3.91. The van der Waals surface area contributed by atoms with Crippen LogP contribution in [-0.2, 0) is 10.2 Å². The largest absolute Gasteiger partial charge is 0.497 e. The lowest BCUT2D eigenvalue weighted by Crippen LogP contribution is -2.39. The van der Waals surface area contributed by atoms with Crippen molar-refractivity contribution in [1.82, 2.24) is 10.5 Å². The van der Waals surface area contributed by atoms with Gasteiger partial charge in [0, 0.05) is 17.7 Å². The average Bonchev–Trinajstić information content (AvgIpc) is 3.17. The first-order valence-electron chi connectivity index (χ1n) is 7.48. The molecule has 1 aliphatic carbocycles. The van der Waals surface area contributed by atoms with Crippen molar-refractivity contribution in [2.45, 2.75) is 38.1 Å². The number of carbonyl (C=O) groups is 1. The van der Waals surface area contributed by atoms with Gasteiger partial charge in [0.25, 0.3) is 0 Å². The smallest absolute Gasteiger partial charge is 0.232 e. The molecule has 1 N–H and O–H groups in total. The molecule has 1 aliphatic rings. The van der Waals surface area contributed by atoms with Crippen LogP contribution in [0.5, 0.6) is 5.75 Å². The van der Waals surface area contributed by atoms with E-state index in [0.717, 1.165) is 24.2 Å². The molecule has 0 radical (unpaired) electrons. The summed E-state index contributed by atoms with van der Waals surface area (Å²) in [5, 5.41) is 7.10. The Balaban J connectivity index is 1.86. The molecule has 1 saturated carbocycles. The van der Waals surface area contributed by atoms with Gasteiger partial charge in [-0.2, -0.15) is 0 Å². The van der Waals surface area contributed by atoms with Gasteiger partial charge < -0.3 is 14.6 Å². The molecule has 0 bridgehead atoms. The molecule has 5 heteroatoms. The minimum atomic E-state index is -0.509. The first kappa shape index (κ1) is 14.6. The zero-order valence-corrected chi connectivity index (χ0v) is 13.1. The van der Waals surface area contributed by atoms with E-state index in [4.69, 9.17) is 9.26 Å². The zero-order chi connectivity index (χ0) is 15.7. The van der Waals surface area contributed by atoms with Gasteiger partial charge in [0.2, 0.25) is 5.91 Å². The number of hydrogen-bond donors (Lipinski definition) is 1. The molecule has 1 fully saturated rings. The molecule has 0 unspecified atom stereocenters. The van der Waals surface area contributed by atoms with Crippen molar-refractivity contribution in [3.63, 3.8) is 0 Å². The van der Waals surface area contributed by atoms with Crippen molar-refractivity contribution >= 4 is 5.91 Å². The minimum absolute atomic E-state index is 0.0352. The fraction of sp³-hybridized carbons (Fsp3) is 0.412. The van der Waals surface area contributed by atoms with Crippen molar-refractivity contribution < 1.29 is 14.1 Å². The Hall–Kier alpha value is -2.30. The van der Waals surface area contributed by atoms with Gasteiger partial charge in [-0.15, -0.1) is 0 Å².